The first-order valence-electron chi connectivity index (χ1n) is 8.55. The quantitative estimate of drug-likeness (QED) is 0.583. The zero-order valence-electron chi connectivity index (χ0n) is 15.5. The molecule has 1 saturated heterocycles. The molecule has 0 spiro atoms. The van der Waals surface area contributed by atoms with Gasteiger partial charge in [-0.1, -0.05) is 36.0 Å². The van der Waals surface area contributed by atoms with Crippen LogP contribution in [0.25, 0.3) is 0 Å². The molecule has 0 N–H and O–H groups in total. The summed E-state index contributed by atoms with van der Waals surface area (Å²) >= 11 is 1.38. The smallest absolute Gasteiger partial charge is 0.242 e. The van der Waals surface area contributed by atoms with Crippen molar-refractivity contribution in [1.82, 2.24) is 4.90 Å². The molecule has 1 amide bonds. The van der Waals surface area contributed by atoms with Gasteiger partial charge in [0.2, 0.25) is 5.91 Å². The van der Waals surface area contributed by atoms with Gasteiger partial charge in [0.05, 0.1) is 18.0 Å². The van der Waals surface area contributed by atoms with Crippen molar-refractivity contribution in [3.63, 3.8) is 0 Å². The molecule has 1 atom stereocenters. The first kappa shape index (κ1) is 19.1. The zero-order chi connectivity index (χ0) is 19.4. The van der Waals surface area contributed by atoms with Gasteiger partial charge in [-0.15, -0.1) is 5.10 Å². The molecule has 1 aliphatic rings. The van der Waals surface area contributed by atoms with E-state index in [1.54, 1.807) is 23.2 Å². The fourth-order valence-electron chi connectivity index (χ4n) is 2.58. The third kappa shape index (κ3) is 4.74. The summed E-state index contributed by atoms with van der Waals surface area (Å²) in [6.45, 7) is 2.19. The van der Waals surface area contributed by atoms with E-state index in [0.29, 0.717) is 11.7 Å². The van der Waals surface area contributed by atoms with Crippen LogP contribution in [-0.2, 0) is 11.3 Å². The number of hydrogen-bond donors (Lipinski definition) is 0. The lowest BCUT2D eigenvalue weighted by atomic mass is 10.2. The summed E-state index contributed by atoms with van der Waals surface area (Å²) in [7, 11) is 3.97. The zero-order valence-corrected chi connectivity index (χ0v) is 16.3. The van der Waals surface area contributed by atoms with E-state index in [4.69, 9.17) is 0 Å². The number of halogens is 1. The van der Waals surface area contributed by atoms with E-state index in [1.165, 1.54) is 23.9 Å². The van der Waals surface area contributed by atoms with Gasteiger partial charge in [-0.3, -0.25) is 9.69 Å². The Morgan fingerprint density at radius 3 is 2.44 bits per heavy atom. The molecule has 0 unspecified atom stereocenters. The molecule has 1 aliphatic heterocycles. The Morgan fingerprint density at radius 1 is 1.15 bits per heavy atom. The highest BCUT2D eigenvalue weighted by Crippen LogP contribution is 2.28. The molecule has 0 aliphatic carbocycles. The fraction of sp³-hybridized carbons (Fsp3) is 0.250. The van der Waals surface area contributed by atoms with Gasteiger partial charge in [0.1, 0.15) is 5.82 Å². The standard InChI is InChI=1S/C20H21FN4OS/c1-14-19(26)25(13-16-4-8-17(21)9-5-16)20(27-14)23-22-12-15-6-10-18(11-7-15)24(2)3/h4-12,14H,13H2,1-3H3/b22-12-,23-20+/t14-/m0/s1. The maximum atomic E-state index is 13.1. The molecule has 0 aromatic heterocycles. The van der Waals surface area contributed by atoms with E-state index < -0.39 is 0 Å². The number of amidine groups is 1. The van der Waals surface area contributed by atoms with Gasteiger partial charge >= 0.3 is 0 Å². The molecule has 2 aromatic rings. The van der Waals surface area contributed by atoms with Crippen LogP contribution in [0.3, 0.4) is 0 Å². The highest BCUT2D eigenvalue weighted by molar-refractivity contribution is 8.15. The van der Waals surface area contributed by atoms with Crippen molar-refractivity contribution >= 4 is 34.7 Å². The number of benzene rings is 2. The Hall–Kier alpha value is -2.67. The van der Waals surface area contributed by atoms with Crippen molar-refractivity contribution < 1.29 is 9.18 Å². The van der Waals surface area contributed by atoms with Crippen LogP contribution in [0, 0.1) is 5.82 Å². The number of hydrogen-bond acceptors (Lipinski definition) is 5. The van der Waals surface area contributed by atoms with Crippen LogP contribution in [0.1, 0.15) is 18.1 Å². The second-order valence-electron chi connectivity index (χ2n) is 6.42. The number of carbonyl (C=O) groups is 1. The van der Waals surface area contributed by atoms with Crippen LogP contribution in [0.4, 0.5) is 10.1 Å². The van der Waals surface area contributed by atoms with Gasteiger partial charge in [-0.05, 0) is 42.3 Å². The Morgan fingerprint density at radius 2 is 1.81 bits per heavy atom. The highest BCUT2D eigenvalue weighted by atomic mass is 32.2. The minimum Gasteiger partial charge on any atom is -0.378 e. The number of carbonyl (C=O) groups excluding carboxylic acids is 1. The van der Waals surface area contributed by atoms with Crippen LogP contribution >= 0.6 is 11.8 Å². The summed E-state index contributed by atoms with van der Waals surface area (Å²) in [5.41, 5.74) is 2.88. The average Bonchev–Trinajstić information content (AvgIpc) is 2.91. The molecule has 2 aromatic carbocycles. The van der Waals surface area contributed by atoms with Gasteiger partial charge in [-0.2, -0.15) is 5.10 Å². The van der Waals surface area contributed by atoms with Gasteiger partial charge in [0.15, 0.2) is 5.17 Å². The van der Waals surface area contributed by atoms with E-state index >= 15 is 0 Å². The minimum absolute atomic E-state index is 0.0198. The van der Waals surface area contributed by atoms with Crippen molar-refractivity contribution in [3.8, 4) is 0 Å². The molecule has 5 nitrogen and oxygen atoms in total. The number of thioether (sulfide) groups is 1. The molecule has 0 saturated carbocycles. The van der Waals surface area contributed by atoms with Crippen molar-refractivity contribution in [2.75, 3.05) is 19.0 Å². The Labute approximate surface area is 162 Å². The van der Waals surface area contributed by atoms with Crippen LogP contribution in [0.15, 0.2) is 58.7 Å². The molecule has 27 heavy (non-hydrogen) atoms. The predicted molar refractivity (Wildman–Crippen MR) is 110 cm³/mol. The number of amides is 1. The maximum Gasteiger partial charge on any atom is 0.242 e. The lowest BCUT2D eigenvalue weighted by Gasteiger charge is -2.15. The second kappa shape index (κ2) is 8.35. The summed E-state index contributed by atoms with van der Waals surface area (Å²) in [4.78, 5) is 16.0. The van der Waals surface area contributed by atoms with E-state index in [1.807, 2.05) is 50.2 Å². The third-order valence-electron chi connectivity index (χ3n) is 4.14. The molecule has 0 bridgehead atoms. The van der Waals surface area contributed by atoms with Crippen LogP contribution < -0.4 is 4.90 Å². The van der Waals surface area contributed by atoms with E-state index in [9.17, 15) is 9.18 Å². The molecule has 0 radical (unpaired) electrons. The molecule has 7 heteroatoms. The number of anilines is 1. The van der Waals surface area contributed by atoms with Gasteiger partial charge in [0.25, 0.3) is 0 Å². The molecule has 1 fully saturated rings. The van der Waals surface area contributed by atoms with Crippen LogP contribution in [0.2, 0.25) is 0 Å². The van der Waals surface area contributed by atoms with Gasteiger partial charge in [0, 0.05) is 19.8 Å². The Bertz CT molecular complexity index is 863. The first-order valence-corrected chi connectivity index (χ1v) is 9.43. The van der Waals surface area contributed by atoms with Crippen LogP contribution in [0.5, 0.6) is 0 Å². The number of rotatable bonds is 5. The number of nitrogens with zero attached hydrogens (tertiary/aromatic N) is 4. The fourth-order valence-corrected chi connectivity index (χ4v) is 3.51. The van der Waals surface area contributed by atoms with Crippen molar-refractivity contribution in [2.45, 2.75) is 18.7 Å². The van der Waals surface area contributed by atoms with Crippen molar-refractivity contribution in [2.24, 2.45) is 10.2 Å². The predicted octanol–water partition coefficient (Wildman–Crippen LogP) is 3.75. The summed E-state index contributed by atoms with van der Waals surface area (Å²) in [5.74, 6) is -0.318. The summed E-state index contributed by atoms with van der Waals surface area (Å²) < 4.78 is 13.1. The SMILES string of the molecule is C[C@@H]1S/C(=N/N=C\c2ccc(N(C)C)cc2)N(Cc2ccc(F)cc2)C1=O. The topological polar surface area (TPSA) is 48.3 Å². The van der Waals surface area contributed by atoms with Crippen molar-refractivity contribution in [1.29, 1.82) is 0 Å². The molecule has 140 valence electrons. The molecular weight excluding hydrogens is 363 g/mol. The lowest BCUT2D eigenvalue weighted by Crippen LogP contribution is -2.30. The van der Waals surface area contributed by atoms with Crippen LogP contribution in [-0.4, -0.2) is 41.5 Å². The normalized spacial score (nSPS) is 18.7. The molecular formula is C20H21FN4OS. The van der Waals surface area contributed by atoms with E-state index in [-0.39, 0.29) is 17.0 Å². The minimum atomic E-state index is -0.298. The summed E-state index contributed by atoms with van der Waals surface area (Å²) in [6, 6.07) is 14.1. The second-order valence-corrected chi connectivity index (χ2v) is 7.73. The highest BCUT2D eigenvalue weighted by Gasteiger charge is 2.35. The van der Waals surface area contributed by atoms with E-state index in [0.717, 1.165) is 16.8 Å². The monoisotopic (exact) mass is 384 g/mol. The van der Waals surface area contributed by atoms with E-state index in [2.05, 4.69) is 10.2 Å². The van der Waals surface area contributed by atoms with Gasteiger partial charge < -0.3 is 4.90 Å². The molecule has 3 rings (SSSR count). The lowest BCUT2D eigenvalue weighted by molar-refractivity contribution is -0.126. The summed E-state index contributed by atoms with van der Waals surface area (Å²) in [6.07, 6.45) is 1.66. The maximum absolute atomic E-state index is 13.1. The van der Waals surface area contributed by atoms with Gasteiger partial charge in [-0.25, -0.2) is 4.39 Å². The first-order chi connectivity index (χ1) is 12.9. The van der Waals surface area contributed by atoms with Crippen molar-refractivity contribution in [3.05, 3.63) is 65.5 Å². The Kier molecular flexibility index (Phi) is 5.91. The molecule has 1 heterocycles. The summed E-state index contributed by atoms with van der Waals surface area (Å²) in [5, 5.41) is 8.73. The Balaban J connectivity index is 1.74. The third-order valence-corrected chi connectivity index (χ3v) is 5.21. The average molecular weight is 384 g/mol. The largest absolute Gasteiger partial charge is 0.378 e.